The van der Waals surface area contributed by atoms with Crippen molar-refractivity contribution in [3.05, 3.63) is 0 Å². The molecule has 1 atom stereocenters. The van der Waals surface area contributed by atoms with E-state index in [1.165, 1.54) is 0 Å². The SMILES string of the molecule is CNC(=O)C1(C)CCN(C(=O)CC(C)(C)CC(=O)O)C1. The van der Waals surface area contributed by atoms with Gasteiger partial charge < -0.3 is 15.3 Å². The summed E-state index contributed by atoms with van der Waals surface area (Å²) in [6.07, 6.45) is 0.778. The van der Waals surface area contributed by atoms with Gasteiger partial charge in [0.15, 0.2) is 0 Å². The quantitative estimate of drug-likeness (QED) is 0.784. The normalized spacial score (nSPS) is 22.7. The van der Waals surface area contributed by atoms with E-state index in [9.17, 15) is 14.4 Å². The predicted octanol–water partition coefficient (Wildman–Crippen LogP) is 0.862. The summed E-state index contributed by atoms with van der Waals surface area (Å²) in [6.45, 7) is 6.34. The lowest BCUT2D eigenvalue weighted by molar-refractivity contribution is -0.140. The molecule has 1 aliphatic heterocycles. The summed E-state index contributed by atoms with van der Waals surface area (Å²) in [5.41, 5.74) is -1.11. The number of carbonyl (C=O) groups excluding carboxylic acids is 2. The molecule has 2 N–H and O–H groups in total. The number of hydrogen-bond acceptors (Lipinski definition) is 3. The van der Waals surface area contributed by atoms with E-state index in [1.807, 2.05) is 6.92 Å². The molecule has 0 spiro atoms. The first-order chi connectivity index (χ1) is 9.09. The number of carboxylic acids is 1. The number of hydrogen-bond donors (Lipinski definition) is 2. The third kappa shape index (κ3) is 3.95. The Morgan fingerprint density at radius 2 is 1.90 bits per heavy atom. The van der Waals surface area contributed by atoms with Crippen molar-refractivity contribution in [2.75, 3.05) is 20.1 Å². The summed E-state index contributed by atoms with van der Waals surface area (Å²) in [6, 6.07) is 0. The van der Waals surface area contributed by atoms with Crippen LogP contribution in [0.3, 0.4) is 0 Å². The molecule has 2 amide bonds. The van der Waals surface area contributed by atoms with Crippen molar-refractivity contribution in [3.8, 4) is 0 Å². The van der Waals surface area contributed by atoms with Crippen LogP contribution in [-0.4, -0.2) is 47.9 Å². The molecule has 20 heavy (non-hydrogen) atoms. The summed E-state index contributed by atoms with van der Waals surface area (Å²) < 4.78 is 0. The first-order valence-corrected chi connectivity index (χ1v) is 6.81. The molecule has 0 aromatic carbocycles. The Morgan fingerprint density at radius 1 is 1.30 bits per heavy atom. The number of aliphatic carboxylic acids is 1. The fourth-order valence-electron chi connectivity index (χ4n) is 2.65. The summed E-state index contributed by atoms with van der Waals surface area (Å²) >= 11 is 0. The van der Waals surface area contributed by atoms with Gasteiger partial charge in [-0.2, -0.15) is 0 Å². The highest BCUT2D eigenvalue weighted by atomic mass is 16.4. The summed E-state index contributed by atoms with van der Waals surface area (Å²) in [5, 5.41) is 11.5. The van der Waals surface area contributed by atoms with Crippen molar-refractivity contribution in [3.63, 3.8) is 0 Å². The zero-order chi connectivity index (χ0) is 15.6. The van der Waals surface area contributed by atoms with Gasteiger partial charge in [0.25, 0.3) is 0 Å². The summed E-state index contributed by atoms with van der Waals surface area (Å²) in [4.78, 5) is 36.5. The molecule has 0 radical (unpaired) electrons. The second-order valence-corrected chi connectivity index (χ2v) is 6.62. The van der Waals surface area contributed by atoms with Gasteiger partial charge in [-0.15, -0.1) is 0 Å². The van der Waals surface area contributed by atoms with Gasteiger partial charge in [-0.1, -0.05) is 13.8 Å². The smallest absolute Gasteiger partial charge is 0.303 e. The van der Waals surface area contributed by atoms with E-state index in [0.29, 0.717) is 19.5 Å². The van der Waals surface area contributed by atoms with Crippen LogP contribution in [0.1, 0.15) is 40.0 Å². The Bertz CT molecular complexity index is 419. The molecule has 1 saturated heterocycles. The van der Waals surface area contributed by atoms with Crippen LogP contribution >= 0.6 is 0 Å². The number of rotatable bonds is 5. The molecule has 1 fully saturated rings. The highest BCUT2D eigenvalue weighted by Crippen LogP contribution is 2.33. The molecule has 114 valence electrons. The molecule has 1 heterocycles. The molecular formula is C14H24N2O4. The van der Waals surface area contributed by atoms with E-state index in [4.69, 9.17) is 5.11 Å². The van der Waals surface area contributed by atoms with Crippen LogP contribution in [0.15, 0.2) is 0 Å². The lowest BCUT2D eigenvalue weighted by atomic mass is 9.85. The Hall–Kier alpha value is -1.59. The number of carboxylic acid groups (broad SMARTS) is 1. The van der Waals surface area contributed by atoms with Crippen molar-refractivity contribution < 1.29 is 19.5 Å². The van der Waals surface area contributed by atoms with Crippen molar-refractivity contribution in [1.29, 1.82) is 0 Å². The van der Waals surface area contributed by atoms with Crippen molar-refractivity contribution in [2.45, 2.75) is 40.0 Å². The fraction of sp³-hybridized carbons (Fsp3) is 0.786. The minimum atomic E-state index is -0.903. The number of amides is 2. The molecule has 0 saturated carbocycles. The van der Waals surface area contributed by atoms with E-state index >= 15 is 0 Å². The molecule has 0 aromatic heterocycles. The second-order valence-electron chi connectivity index (χ2n) is 6.62. The van der Waals surface area contributed by atoms with Gasteiger partial charge in [0.2, 0.25) is 11.8 Å². The average Bonchev–Trinajstić information content (AvgIpc) is 2.69. The molecule has 6 heteroatoms. The first-order valence-electron chi connectivity index (χ1n) is 6.81. The molecule has 6 nitrogen and oxygen atoms in total. The topological polar surface area (TPSA) is 86.7 Å². The monoisotopic (exact) mass is 284 g/mol. The number of carbonyl (C=O) groups is 3. The van der Waals surface area contributed by atoms with Crippen LogP contribution in [0.4, 0.5) is 0 Å². The van der Waals surface area contributed by atoms with Crippen molar-refractivity contribution >= 4 is 17.8 Å². The number of nitrogens with zero attached hydrogens (tertiary/aromatic N) is 1. The maximum atomic E-state index is 12.2. The van der Waals surface area contributed by atoms with Crippen LogP contribution in [0.2, 0.25) is 0 Å². The maximum absolute atomic E-state index is 12.2. The molecule has 0 aromatic rings. The van der Waals surface area contributed by atoms with E-state index in [1.54, 1.807) is 25.8 Å². The molecule has 0 aliphatic carbocycles. The van der Waals surface area contributed by atoms with E-state index in [-0.39, 0.29) is 24.7 Å². The van der Waals surface area contributed by atoms with Gasteiger partial charge in [0, 0.05) is 26.6 Å². The minimum Gasteiger partial charge on any atom is -0.481 e. The number of nitrogens with one attached hydrogen (secondary N) is 1. The molecule has 1 rings (SSSR count). The Balaban J connectivity index is 2.63. The zero-order valence-electron chi connectivity index (χ0n) is 12.7. The van der Waals surface area contributed by atoms with Gasteiger partial charge in [-0.3, -0.25) is 14.4 Å². The van der Waals surface area contributed by atoms with Crippen LogP contribution < -0.4 is 5.32 Å². The van der Waals surface area contributed by atoms with Gasteiger partial charge in [0.05, 0.1) is 11.8 Å². The molecular weight excluding hydrogens is 260 g/mol. The molecule has 1 unspecified atom stereocenters. The van der Waals surface area contributed by atoms with Crippen molar-refractivity contribution in [2.24, 2.45) is 10.8 Å². The first kappa shape index (κ1) is 16.5. The fourth-order valence-corrected chi connectivity index (χ4v) is 2.65. The largest absolute Gasteiger partial charge is 0.481 e. The van der Waals surface area contributed by atoms with Crippen LogP contribution in [-0.2, 0) is 14.4 Å². The second kappa shape index (κ2) is 5.81. The maximum Gasteiger partial charge on any atom is 0.303 e. The van der Waals surface area contributed by atoms with Crippen LogP contribution in [0.25, 0.3) is 0 Å². The van der Waals surface area contributed by atoms with Gasteiger partial charge >= 0.3 is 5.97 Å². The minimum absolute atomic E-state index is 0.0424. The standard InChI is InChI=1S/C14H24N2O4/c1-13(2,8-11(18)19)7-10(17)16-6-5-14(3,9-16)12(20)15-4/h5-9H2,1-4H3,(H,15,20)(H,18,19). The molecule has 1 aliphatic rings. The highest BCUT2D eigenvalue weighted by Gasteiger charge is 2.42. The van der Waals surface area contributed by atoms with Gasteiger partial charge in [-0.25, -0.2) is 0 Å². The Kier molecular flexibility index (Phi) is 4.78. The highest BCUT2D eigenvalue weighted by molar-refractivity contribution is 5.85. The third-order valence-electron chi connectivity index (χ3n) is 3.86. The van der Waals surface area contributed by atoms with Crippen LogP contribution in [0, 0.1) is 10.8 Å². The van der Waals surface area contributed by atoms with Crippen LogP contribution in [0.5, 0.6) is 0 Å². The Labute approximate surface area is 119 Å². The summed E-state index contributed by atoms with van der Waals surface area (Å²) in [7, 11) is 1.59. The van der Waals surface area contributed by atoms with E-state index < -0.39 is 16.8 Å². The third-order valence-corrected chi connectivity index (χ3v) is 3.86. The zero-order valence-corrected chi connectivity index (χ0v) is 12.7. The lowest BCUT2D eigenvalue weighted by Gasteiger charge is -2.27. The molecule has 0 bridgehead atoms. The average molecular weight is 284 g/mol. The summed E-state index contributed by atoms with van der Waals surface area (Å²) in [5.74, 6) is -1.04. The van der Waals surface area contributed by atoms with Gasteiger partial charge in [0.1, 0.15) is 0 Å². The number of likely N-dealkylation sites (tertiary alicyclic amines) is 1. The Morgan fingerprint density at radius 3 is 2.40 bits per heavy atom. The van der Waals surface area contributed by atoms with E-state index in [2.05, 4.69) is 5.32 Å². The van der Waals surface area contributed by atoms with Crippen molar-refractivity contribution in [1.82, 2.24) is 10.2 Å². The lowest BCUT2D eigenvalue weighted by Crippen LogP contribution is -2.41. The predicted molar refractivity (Wildman–Crippen MR) is 74.0 cm³/mol. The van der Waals surface area contributed by atoms with E-state index in [0.717, 1.165) is 0 Å². The van der Waals surface area contributed by atoms with Gasteiger partial charge in [-0.05, 0) is 18.8 Å².